The highest BCUT2D eigenvalue weighted by atomic mass is 16.6. The van der Waals surface area contributed by atoms with Crippen LogP contribution in [0.1, 0.15) is 374 Å². The molecule has 0 amide bonds. The van der Waals surface area contributed by atoms with Crippen LogP contribution in [-0.4, -0.2) is 37.2 Å². The van der Waals surface area contributed by atoms with Crippen molar-refractivity contribution in [2.75, 3.05) is 13.2 Å². The van der Waals surface area contributed by atoms with Gasteiger partial charge in [0.05, 0.1) is 0 Å². The number of carbonyl (C=O) groups excluding carboxylic acids is 3. The van der Waals surface area contributed by atoms with Crippen molar-refractivity contribution in [1.29, 1.82) is 0 Å². The molecule has 1 unspecified atom stereocenters. The van der Waals surface area contributed by atoms with E-state index in [2.05, 4.69) is 57.2 Å². The quantitative estimate of drug-likeness (QED) is 0.0261. The summed E-state index contributed by atoms with van der Waals surface area (Å²) in [7, 11) is 0. The van der Waals surface area contributed by atoms with Crippen LogP contribution in [0.5, 0.6) is 0 Å². The third-order valence-corrected chi connectivity index (χ3v) is 15.4. The lowest BCUT2D eigenvalue weighted by atomic mass is 10.0. The van der Waals surface area contributed by atoms with Gasteiger partial charge in [-0.05, 0) is 77.0 Å². The number of carbonyl (C=O) groups is 3. The van der Waals surface area contributed by atoms with Crippen molar-refractivity contribution in [3.05, 3.63) is 36.5 Å². The van der Waals surface area contributed by atoms with Gasteiger partial charge in [0.2, 0.25) is 0 Å². The molecule has 0 N–H and O–H groups in total. The summed E-state index contributed by atoms with van der Waals surface area (Å²) < 4.78 is 16.9. The number of unbranched alkanes of at least 4 members (excludes halogenated alkanes) is 46. The van der Waals surface area contributed by atoms with Gasteiger partial charge in [-0.25, -0.2) is 0 Å². The maximum atomic E-state index is 12.9. The van der Waals surface area contributed by atoms with Gasteiger partial charge in [0.25, 0.3) is 0 Å². The molecule has 0 aliphatic heterocycles. The van der Waals surface area contributed by atoms with Crippen molar-refractivity contribution >= 4 is 17.9 Å². The fourth-order valence-electron chi connectivity index (χ4n) is 10.2. The lowest BCUT2D eigenvalue weighted by Crippen LogP contribution is -2.30. The monoisotopic (exact) mass is 1070 g/mol. The van der Waals surface area contributed by atoms with Crippen molar-refractivity contribution < 1.29 is 28.6 Å². The largest absolute Gasteiger partial charge is 0.462 e. The fraction of sp³-hybridized carbons (Fsp3) is 0.871. The standard InChI is InChI=1S/C70H130O6/c1-4-7-10-13-16-19-22-25-27-29-30-31-32-33-34-35-36-37-38-39-40-41-42-44-45-48-51-54-57-60-63-69(72)75-66-67(65-74-68(71)62-59-56-53-50-47-24-21-18-15-12-9-6-3)76-70(73)64-61-58-55-52-49-46-43-28-26-23-20-17-14-11-8-5-2/h18,20-21,23,28,43,67H,4-17,19,22,24-27,29-42,44-66H2,1-3H3/b21-18-,23-20-,43-28-. The van der Waals surface area contributed by atoms with E-state index in [0.717, 1.165) is 89.9 Å². The fourth-order valence-corrected chi connectivity index (χ4v) is 10.2. The molecule has 0 rings (SSSR count). The van der Waals surface area contributed by atoms with E-state index in [9.17, 15) is 14.4 Å². The van der Waals surface area contributed by atoms with Crippen LogP contribution < -0.4 is 0 Å². The van der Waals surface area contributed by atoms with Crippen molar-refractivity contribution in [3.8, 4) is 0 Å². The molecule has 0 aliphatic rings. The molecular weight excluding hydrogens is 937 g/mol. The Kier molecular flexibility index (Phi) is 63.1. The highest BCUT2D eigenvalue weighted by Crippen LogP contribution is 2.18. The highest BCUT2D eigenvalue weighted by Gasteiger charge is 2.19. The maximum absolute atomic E-state index is 12.9. The van der Waals surface area contributed by atoms with E-state index in [1.807, 2.05) is 0 Å². The first-order chi connectivity index (χ1) is 37.5. The number of allylic oxidation sites excluding steroid dienone is 6. The van der Waals surface area contributed by atoms with Crippen LogP contribution in [0.3, 0.4) is 0 Å². The number of hydrogen-bond donors (Lipinski definition) is 0. The zero-order chi connectivity index (χ0) is 55.0. The van der Waals surface area contributed by atoms with Gasteiger partial charge in [-0.15, -0.1) is 0 Å². The van der Waals surface area contributed by atoms with Gasteiger partial charge >= 0.3 is 17.9 Å². The molecule has 76 heavy (non-hydrogen) atoms. The zero-order valence-corrected chi connectivity index (χ0v) is 51.3. The first-order valence-electron chi connectivity index (χ1n) is 34.0. The Morgan fingerprint density at radius 1 is 0.263 bits per heavy atom. The molecule has 0 aromatic carbocycles. The van der Waals surface area contributed by atoms with Gasteiger partial charge in [-0.1, -0.05) is 314 Å². The molecule has 0 saturated heterocycles. The number of rotatable bonds is 63. The summed E-state index contributed by atoms with van der Waals surface area (Å²) in [5, 5.41) is 0. The van der Waals surface area contributed by atoms with E-state index in [1.165, 1.54) is 244 Å². The Morgan fingerprint density at radius 3 is 0.776 bits per heavy atom. The molecule has 1 atom stereocenters. The normalized spacial score (nSPS) is 12.2. The van der Waals surface area contributed by atoms with Crippen molar-refractivity contribution in [3.63, 3.8) is 0 Å². The van der Waals surface area contributed by atoms with Gasteiger partial charge in [-0.2, -0.15) is 0 Å². The molecule has 0 heterocycles. The van der Waals surface area contributed by atoms with Crippen molar-refractivity contribution in [1.82, 2.24) is 0 Å². The molecule has 6 heteroatoms. The van der Waals surface area contributed by atoms with Crippen molar-refractivity contribution in [2.45, 2.75) is 380 Å². The third-order valence-electron chi connectivity index (χ3n) is 15.4. The van der Waals surface area contributed by atoms with E-state index in [0.29, 0.717) is 19.3 Å². The summed E-state index contributed by atoms with van der Waals surface area (Å²) in [5.41, 5.74) is 0. The summed E-state index contributed by atoms with van der Waals surface area (Å²) >= 11 is 0. The van der Waals surface area contributed by atoms with E-state index < -0.39 is 6.10 Å². The summed E-state index contributed by atoms with van der Waals surface area (Å²) in [6.45, 7) is 6.64. The second-order valence-corrected chi connectivity index (χ2v) is 23.1. The maximum Gasteiger partial charge on any atom is 0.306 e. The molecule has 0 saturated carbocycles. The summed E-state index contributed by atoms with van der Waals surface area (Å²) in [6.07, 6.45) is 80.4. The zero-order valence-electron chi connectivity index (χ0n) is 51.3. The molecule has 0 radical (unpaired) electrons. The van der Waals surface area contributed by atoms with E-state index in [1.54, 1.807) is 0 Å². The van der Waals surface area contributed by atoms with Crippen LogP contribution in [0.4, 0.5) is 0 Å². The number of ether oxygens (including phenoxy) is 3. The molecule has 446 valence electrons. The number of esters is 3. The molecule has 0 fully saturated rings. The summed E-state index contributed by atoms with van der Waals surface area (Å²) in [4.78, 5) is 38.3. The van der Waals surface area contributed by atoms with Gasteiger partial charge in [0.1, 0.15) is 13.2 Å². The molecule has 0 spiro atoms. The Bertz CT molecular complexity index is 1270. The van der Waals surface area contributed by atoms with Crippen LogP contribution in [0, 0.1) is 0 Å². The van der Waals surface area contributed by atoms with Gasteiger partial charge in [0, 0.05) is 19.3 Å². The minimum absolute atomic E-state index is 0.0766. The van der Waals surface area contributed by atoms with Gasteiger partial charge in [-0.3, -0.25) is 14.4 Å². The highest BCUT2D eigenvalue weighted by molar-refractivity contribution is 5.71. The smallest absolute Gasteiger partial charge is 0.306 e. The second-order valence-electron chi connectivity index (χ2n) is 23.1. The first-order valence-corrected chi connectivity index (χ1v) is 34.0. The topological polar surface area (TPSA) is 78.9 Å². The number of hydrogen-bond acceptors (Lipinski definition) is 6. The Labute approximate surface area is 474 Å². The second kappa shape index (κ2) is 65.2. The molecule has 6 nitrogen and oxygen atoms in total. The third kappa shape index (κ3) is 62.5. The van der Waals surface area contributed by atoms with Crippen molar-refractivity contribution in [2.24, 2.45) is 0 Å². The van der Waals surface area contributed by atoms with Crippen LogP contribution in [0.15, 0.2) is 36.5 Å². The summed E-state index contributed by atoms with van der Waals surface area (Å²) in [6, 6.07) is 0. The summed E-state index contributed by atoms with van der Waals surface area (Å²) in [5.74, 6) is -0.878. The van der Waals surface area contributed by atoms with Gasteiger partial charge in [0.15, 0.2) is 6.10 Å². The minimum Gasteiger partial charge on any atom is -0.462 e. The SMILES string of the molecule is CCCCC/C=C\CCCCCCCC(=O)OCC(COC(=O)CCCCCCCCCCCCCCCCCCCCCCCCCCCCCCCC)OC(=O)CCCCCCC/C=C\C/C=C\CCCCCC. The molecule has 0 aromatic rings. The van der Waals surface area contributed by atoms with Crippen LogP contribution in [-0.2, 0) is 28.6 Å². The van der Waals surface area contributed by atoms with Crippen LogP contribution in [0.25, 0.3) is 0 Å². The molecular formula is C70H130O6. The predicted octanol–water partition coefficient (Wildman–Crippen LogP) is 23.2. The molecule has 0 aliphatic carbocycles. The first kappa shape index (κ1) is 73.6. The molecule has 0 bridgehead atoms. The lowest BCUT2D eigenvalue weighted by Gasteiger charge is -2.18. The van der Waals surface area contributed by atoms with E-state index >= 15 is 0 Å². The van der Waals surface area contributed by atoms with Crippen LogP contribution in [0.2, 0.25) is 0 Å². The van der Waals surface area contributed by atoms with Crippen LogP contribution >= 0.6 is 0 Å². The minimum atomic E-state index is -0.781. The van der Waals surface area contributed by atoms with E-state index in [-0.39, 0.29) is 31.1 Å². The Hall–Kier alpha value is -2.37. The average Bonchev–Trinajstić information content (AvgIpc) is 3.42. The predicted molar refractivity (Wildman–Crippen MR) is 330 cm³/mol. The lowest BCUT2D eigenvalue weighted by molar-refractivity contribution is -0.167. The van der Waals surface area contributed by atoms with E-state index in [4.69, 9.17) is 14.2 Å². The molecule has 0 aromatic heterocycles. The van der Waals surface area contributed by atoms with Gasteiger partial charge < -0.3 is 14.2 Å². The Morgan fingerprint density at radius 2 is 0.474 bits per heavy atom. The Balaban J connectivity index is 4.13. The average molecular weight is 1070 g/mol.